The number of methoxy groups -OCH3 is 1. The number of nitrogens with one attached hydrogen (secondary N) is 1. The van der Waals surface area contributed by atoms with E-state index in [1.165, 1.54) is 16.7 Å². The second-order valence-electron chi connectivity index (χ2n) is 6.18. The molecule has 140 valence electrons. The standard InChI is InChI=1S/C19H24ClN3O3/c1-22(2)17(14-4-7-16(20)8-5-14)12-21-19(25)15-6-9-18(24)23(13-15)10-11-26-3/h4-9,13,17H,10-12H2,1-3H3,(H,21,25). The topological polar surface area (TPSA) is 63.6 Å². The molecule has 7 heteroatoms. The molecule has 6 nitrogen and oxygen atoms in total. The van der Waals surface area contributed by atoms with Crippen molar-refractivity contribution >= 4 is 17.5 Å². The summed E-state index contributed by atoms with van der Waals surface area (Å²) in [6.07, 6.45) is 1.56. The lowest BCUT2D eigenvalue weighted by atomic mass is 10.1. The van der Waals surface area contributed by atoms with E-state index in [9.17, 15) is 9.59 Å². The minimum absolute atomic E-state index is 0.00983. The van der Waals surface area contributed by atoms with E-state index in [1.54, 1.807) is 13.3 Å². The normalized spacial score (nSPS) is 12.2. The first-order chi connectivity index (χ1) is 12.4. The molecule has 1 unspecified atom stereocenters. The molecule has 1 N–H and O–H groups in total. The molecule has 26 heavy (non-hydrogen) atoms. The number of amides is 1. The van der Waals surface area contributed by atoms with Gasteiger partial charge in [-0.25, -0.2) is 0 Å². The van der Waals surface area contributed by atoms with Crippen LogP contribution in [-0.4, -0.2) is 49.7 Å². The first-order valence-corrected chi connectivity index (χ1v) is 8.69. The van der Waals surface area contributed by atoms with E-state index < -0.39 is 0 Å². The number of benzene rings is 1. The average Bonchev–Trinajstić information content (AvgIpc) is 2.62. The van der Waals surface area contributed by atoms with Crippen LogP contribution in [0.5, 0.6) is 0 Å². The van der Waals surface area contributed by atoms with Crippen LogP contribution in [-0.2, 0) is 11.3 Å². The van der Waals surface area contributed by atoms with Crippen LogP contribution in [0.1, 0.15) is 22.0 Å². The van der Waals surface area contributed by atoms with Crippen LogP contribution in [0, 0.1) is 0 Å². The van der Waals surface area contributed by atoms with Gasteiger partial charge in [0.05, 0.1) is 18.2 Å². The Morgan fingerprint density at radius 3 is 2.54 bits per heavy atom. The van der Waals surface area contributed by atoms with Crippen LogP contribution in [0.25, 0.3) is 0 Å². The summed E-state index contributed by atoms with van der Waals surface area (Å²) in [4.78, 5) is 26.4. The van der Waals surface area contributed by atoms with Crippen molar-refractivity contribution < 1.29 is 9.53 Å². The molecule has 1 heterocycles. The highest BCUT2D eigenvalue weighted by Gasteiger charge is 2.16. The van der Waals surface area contributed by atoms with Crippen LogP contribution in [0.2, 0.25) is 5.02 Å². The number of nitrogens with zero attached hydrogens (tertiary/aromatic N) is 2. The molecule has 0 spiro atoms. The molecule has 0 aliphatic heterocycles. The molecule has 1 aromatic carbocycles. The van der Waals surface area contributed by atoms with Gasteiger partial charge in [-0.05, 0) is 37.9 Å². The van der Waals surface area contributed by atoms with Crippen molar-refractivity contribution in [1.82, 2.24) is 14.8 Å². The molecule has 0 aliphatic rings. The zero-order valence-corrected chi connectivity index (χ0v) is 16.0. The number of likely N-dealkylation sites (N-methyl/N-ethyl adjacent to an activating group) is 1. The Hall–Kier alpha value is -2.15. The third-order valence-corrected chi connectivity index (χ3v) is 4.37. The number of pyridine rings is 1. The third-order valence-electron chi connectivity index (χ3n) is 4.12. The van der Waals surface area contributed by atoms with Gasteiger partial charge in [0, 0.05) is 37.5 Å². The minimum Gasteiger partial charge on any atom is -0.383 e. The Kier molecular flexibility index (Phi) is 7.38. The monoisotopic (exact) mass is 377 g/mol. The first-order valence-electron chi connectivity index (χ1n) is 8.32. The number of hydrogen-bond donors (Lipinski definition) is 1. The van der Waals surface area contributed by atoms with E-state index in [-0.39, 0.29) is 17.5 Å². The van der Waals surface area contributed by atoms with Crippen molar-refractivity contribution in [2.45, 2.75) is 12.6 Å². The average molecular weight is 378 g/mol. The first kappa shape index (κ1) is 20.2. The van der Waals surface area contributed by atoms with Crippen molar-refractivity contribution in [3.8, 4) is 0 Å². The fraction of sp³-hybridized carbons (Fsp3) is 0.368. The van der Waals surface area contributed by atoms with Gasteiger partial charge in [-0.2, -0.15) is 0 Å². The van der Waals surface area contributed by atoms with Gasteiger partial charge in [-0.3, -0.25) is 9.59 Å². The Morgan fingerprint density at radius 1 is 1.23 bits per heavy atom. The van der Waals surface area contributed by atoms with E-state index in [2.05, 4.69) is 5.32 Å². The number of carbonyl (C=O) groups is 1. The minimum atomic E-state index is -0.225. The molecule has 0 saturated heterocycles. The highest BCUT2D eigenvalue weighted by molar-refractivity contribution is 6.30. The van der Waals surface area contributed by atoms with Crippen LogP contribution in [0.4, 0.5) is 0 Å². The zero-order chi connectivity index (χ0) is 19.1. The lowest BCUT2D eigenvalue weighted by molar-refractivity contribution is 0.0940. The largest absolute Gasteiger partial charge is 0.383 e. The lowest BCUT2D eigenvalue weighted by Crippen LogP contribution is -2.35. The third kappa shape index (κ3) is 5.42. The van der Waals surface area contributed by atoms with Gasteiger partial charge in [0.15, 0.2) is 0 Å². The molecule has 0 radical (unpaired) electrons. The molecule has 0 saturated carbocycles. The summed E-state index contributed by atoms with van der Waals surface area (Å²) in [5.41, 5.74) is 1.34. The second kappa shape index (κ2) is 9.52. The molecule has 0 bridgehead atoms. The predicted molar refractivity (Wildman–Crippen MR) is 103 cm³/mol. The maximum absolute atomic E-state index is 12.5. The van der Waals surface area contributed by atoms with E-state index in [4.69, 9.17) is 16.3 Å². The van der Waals surface area contributed by atoms with Gasteiger partial charge in [0.2, 0.25) is 0 Å². The second-order valence-corrected chi connectivity index (χ2v) is 6.62. The quantitative estimate of drug-likeness (QED) is 0.765. The summed E-state index contributed by atoms with van der Waals surface area (Å²) in [5.74, 6) is -0.225. The summed E-state index contributed by atoms with van der Waals surface area (Å²) < 4.78 is 6.46. The summed E-state index contributed by atoms with van der Waals surface area (Å²) >= 11 is 5.95. The van der Waals surface area contributed by atoms with Crippen LogP contribution < -0.4 is 10.9 Å². The van der Waals surface area contributed by atoms with Crippen LogP contribution >= 0.6 is 11.6 Å². The molecular formula is C19H24ClN3O3. The molecule has 1 amide bonds. The lowest BCUT2D eigenvalue weighted by Gasteiger charge is -2.25. The van der Waals surface area contributed by atoms with Crippen molar-refractivity contribution in [3.05, 3.63) is 69.1 Å². The Bertz CT molecular complexity index is 787. The zero-order valence-electron chi connectivity index (χ0n) is 15.2. The Balaban J connectivity index is 2.08. The molecule has 1 atom stereocenters. The maximum atomic E-state index is 12.5. The summed E-state index contributed by atoms with van der Waals surface area (Å²) in [5, 5.41) is 3.61. The highest BCUT2D eigenvalue weighted by atomic mass is 35.5. The summed E-state index contributed by atoms with van der Waals surface area (Å²) in [6, 6.07) is 10.5. The number of aromatic nitrogens is 1. The fourth-order valence-electron chi connectivity index (χ4n) is 2.60. The van der Waals surface area contributed by atoms with E-state index in [1.807, 2.05) is 43.3 Å². The van der Waals surface area contributed by atoms with E-state index in [0.29, 0.717) is 30.3 Å². The van der Waals surface area contributed by atoms with Gasteiger partial charge in [-0.15, -0.1) is 0 Å². The number of ether oxygens (including phenoxy) is 1. The van der Waals surface area contributed by atoms with Crippen LogP contribution in [0.3, 0.4) is 0 Å². The van der Waals surface area contributed by atoms with Crippen molar-refractivity contribution in [2.24, 2.45) is 0 Å². The van der Waals surface area contributed by atoms with Gasteiger partial charge >= 0.3 is 0 Å². The molecule has 2 rings (SSSR count). The number of rotatable bonds is 8. The van der Waals surface area contributed by atoms with Crippen LogP contribution in [0.15, 0.2) is 47.4 Å². The summed E-state index contributed by atoms with van der Waals surface area (Å²) in [7, 11) is 5.48. The number of halogens is 1. The van der Waals surface area contributed by atoms with E-state index in [0.717, 1.165) is 5.56 Å². The Labute approximate surface area is 158 Å². The fourth-order valence-corrected chi connectivity index (χ4v) is 2.73. The predicted octanol–water partition coefficient (Wildman–Crippen LogP) is 2.18. The molecule has 0 fully saturated rings. The maximum Gasteiger partial charge on any atom is 0.252 e. The number of carbonyl (C=O) groups excluding carboxylic acids is 1. The van der Waals surface area contributed by atoms with Crippen molar-refractivity contribution in [2.75, 3.05) is 34.4 Å². The van der Waals surface area contributed by atoms with Gasteiger partial charge < -0.3 is 19.5 Å². The molecule has 0 aliphatic carbocycles. The van der Waals surface area contributed by atoms with Crippen molar-refractivity contribution in [1.29, 1.82) is 0 Å². The van der Waals surface area contributed by atoms with Crippen molar-refractivity contribution in [3.63, 3.8) is 0 Å². The summed E-state index contributed by atoms with van der Waals surface area (Å²) in [6.45, 7) is 1.25. The van der Waals surface area contributed by atoms with Gasteiger partial charge in [-0.1, -0.05) is 23.7 Å². The smallest absolute Gasteiger partial charge is 0.252 e. The van der Waals surface area contributed by atoms with Gasteiger partial charge in [0.1, 0.15) is 0 Å². The molecular weight excluding hydrogens is 354 g/mol. The van der Waals surface area contributed by atoms with Gasteiger partial charge in [0.25, 0.3) is 11.5 Å². The number of hydrogen-bond acceptors (Lipinski definition) is 4. The highest BCUT2D eigenvalue weighted by Crippen LogP contribution is 2.19. The SMILES string of the molecule is COCCn1cc(C(=O)NCC(c2ccc(Cl)cc2)N(C)C)ccc1=O. The Morgan fingerprint density at radius 2 is 1.92 bits per heavy atom. The van der Waals surface area contributed by atoms with E-state index >= 15 is 0 Å². The molecule has 2 aromatic rings. The molecule has 1 aromatic heterocycles.